The molecule has 0 saturated heterocycles. The minimum Gasteiger partial charge on any atom is -0.489 e. The van der Waals surface area contributed by atoms with E-state index in [9.17, 15) is 4.79 Å². The van der Waals surface area contributed by atoms with Crippen LogP contribution in [0.5, 0.6) is 5.75 Å². The van der Waals surface area contributed by atoms with Crippen molar-refractivity contribution in [3.8, 4) is 5.75 Å². The van der Waals surface area contributed by atoms with Crippen molar-refractivity contribution in [1.82, 2.24) is 0 Å². The van der Waals surface area contributed by atoms with E-state index in [-0.39, 0.29) is 0 Å². The topological polar surface area (TPSA) is 46.5 Å². The molecular formula is C17H16O3. The fourth-order valence-corrected chi connectivity index (χ4v) is 1.75. The maximum Gasteiger partial charge on any atom is 0.331 e. The van der Waals surface area contributed by atoms with Crippen LogP contribution in [0.1, 0.15) is 18.1 Å². The van der Waals surface area contributed by atoms with E-state index in [1.54, 1.807) is 13.0 Å². The Morgan fingerprint density at radius 3 is 2.60 bits per heavy atom. The molecule has 0 aliphatic heterocycles. The van der Waals surface area contributed by atoms with Gasteiger partial charge >= 0.3 is 5.97 Å². The first-order chi connectivity index (χ1) is 9.65. The monoisotopic (exact) mass is 268 g/mol. The molecule has 2 aromatic carbocycles. The van der Waals surface area contributed by atoms with Gasteiger partial charge in [-0.3, -0.25) is 0 Å². The zero-order chi connectivity index (χ0) is 14.4. The Morgan fingerprint density at radius 1 is 1.15 bits per heavy atom. The molecule has 0 amide bonds. The number of ether oxygens (including phenoxy) is 1. The molecule has 3 nitrogen and oxygen atoms in total. The molecule has 0 aliphatic rings. The molecule has 0 unspecified atom stereocenters. The molecule has 0 bridgehead atoms. The van der Waals surface area contributed by atoms with Crippen LogP contribution in [0, 0.1) is 0 Å². The second kappa shape index (κ2) is 6.57. The van der Waals surface area contributed by atoms with Gasteiger partial charge in [0.1, 0.15) is 12.4 Å². The zero-order valence-electron chi connectivity index (χ0n) is 11.2. The lowest BCUT2D eigenvalue weighted by Crippen LogP contribution is -1.96. The van der Waals surface area contributed by atoms with Crippen LogP contribution in [-0.2, 0) is 11.4 Å². The molecule has 0 saturated carbocycles. The van der Waals surface area contributed by atoms with Crippen molar-refractivity contribution >= 4 is 12.0 Å². The van der Waals surface area contributed by atoms with Crippen molar-refractivity contribution in [3.63, 3.8) is 0 Å². The van der Waals surface area contributed by atoms with Gasteiger partial charge in [-0.25, -0.2) is 4.79 Å². The van der Waals surface area contributed by atoms with Gasteiger partial charge in [-0.15, -0.1) is 0 Å². The highest BCUT2D eigenvalue weighted by atomic mass is 16.5. The summed E-state index contributed by atoms with van der Waals surface area (Å²) in [4.78, 5) is 10.8. The van der Waals surface area contributed by atoms with Crippen LogP contribution >= 0.6 is 0 Å². The summed E-state index contributed by atoms with van der Waals surface area (Å²) in [7, 11) is 0. The molecule has 0 aromatic heterocycles. The molecule has 0 aliphatic carbocycles. The molecular weight excluding hydrogens is 252 g/mol. The van der Waals surface area contributed by atoms with Crippen molar-refractivity contribution < 1.29 is 14.6 Å². The predicted molar refractivity (Wildman–Crippen MR) is 78.5 cm³/mol. The molecule has 3 heteroatoms. The normalized spacial score (nSPS) is 11.2. The van der Waals surface area contributed by atoms with E-state index in [0.717, 1.165) is 16.9 Å². The van der Waals surface area contributed by atoms with Gasteiger partial charge in [0.2, 0.25) is 0 Å². The standard InChI is InChI=1S/C17H16O3/c1-13(17(18)19)10-15-8-5-9-16(11-15)20-12-14-6-3-2-4-7-14/h2-11H,12H2,1H3,(H,18,19). The van der Waals surface area contributed by atoms with Crippen molar-refractivity contribution in [1.29, 1.82) is 0 Å². The average molecular weight is 268 g/mol. The molecule has 0 fully saturated rings. The maximum atomic E-state index is 10.8. The van der Waals surface area contributed by atoms with Crippen molar-refractivity contribution in [2.24, 2.45) is 0 Å². The van der Waals surface area contributed by atoms with E-state index < -0.39 is 5.97 Å². The molecule has 1 N–H and O–H groups in total. The van der Waals surface area contributed by atoms with Crippen molar-refractivity contribution in [3.05, 3.63) is 71.3 Å². The third kappa shape index (κ3) is 3.99. The highest BCUT2D eigenvalue weighted by Crippen LogP contribution is 2.17. The van der Waals surface area contributed by atoms with E-state index >= 15 is 0 Å². The van der Waals surface area contributed by atoms with Crippen LogP contribution in [0.25, 0.3) is 6.08 Å². The van der Waals surface area contributed by atoms with Crippen LogP contribution < -0.4 is 4.74 Å². The quantitative estimate of drug-likeness (QED) is 0.840. The van der Waals surface area contributed by atoms with Gasteiger partial charge in [-0.2, -0.15) is 0 Å². The fourth-order valence-electron chi connectivity index (χ4n) is 1.75. The van der Waals surface area contributed by atoms with Gasteiger partial charge in [0, 0.05) is 5.57 Å². The molecule has 102 valence electrons. The summed E-state index contributed by atoms with van der Waals surface area (Å²) in [6, 6.07) is 17.3. The van der Waals surface area contributed by atoms with Crippen molar-refractivity contribution in [2.45, 2.75) is 13.5 Å². The number of carboxylic acids is 1. The summed E-state index contributed by atoms with van der Waals surface area (Å²) in [5, 5.41) is 8.87. The summed E-state index contributed by atoms with van der Waals surface area (Å²) in [6.07, 6.45) is 1.62. The van der Waals surface area contributed by atoms with Crippen LogP contribution in [0.15, 0.2) is 60.2 Å². The first-order valence-corrected chi connectivity index (χ1v) is 6.33. The van der Waals surface area contributed by atoms with E-state index in [2.05, 4.69) is 0 Å². The van der Waals surface area contributed by atoms with Crippen LogP contribution in [0.2, 0.25) is 0 Å². The second-order valence-corrected chi connectivity index (χ2v) is 4.48. The Balaban J connectivity index is 2.07. The Hall–Kier alpha value is -2.55. The lowest BCUT2D eigenvalue weighted by molar-refractivity contribution is -0.132. The molecule has 0 radical (unpaired) electrons. The van der Waals surface area contributed by atoms with E-state index in [1.165, 1.54) is 0 Å². The SMILES string of the molecule is CC(=Cc1cccc(OCc2ccccc2)c1)C(=O)O. The summed E-state index contributed by atoms with van der Waals surface area (Å²) in [5.74, 6) is -0.193. The second-order valence-electron chi connectivity index (χ2n) is 4.48. The fraction of sp³-hybridized carbons (Fsp3) is 0.118. The van der Waals surface area contributed by atoms with E-state index in [0.29, 0.717) is 12.2 Å². The number of carboxylic acid groups (broad SMARTS) is 1. The highest BCUT2D eigenvalue weighted by Gasteiger charge is 2.01. The van der Waals surface area contributed by atoms with Gasteiger partial charge in [0.25, 0.3) is 0 Å². The number of carbonyl (C=O) groups is 1. The number of rotatable bonds is 5. The first-order valence-electron chi connectivity index (χ1n) is 6.33. The van der Waals surface area contributed by atoms with Crippen molar-refractivity contribution in [2.75, 3.05) is 0 Å². The summed E-state index contributed by atoms with van der Waals surface area (Å²) >= 11 is 0. The molecule has 0 atom stereocenters. The van der Waals surface area contributed by atoms with Crippen LogP contribution in [-0.4, -0.2) is 11.1 Å². The first kappa shape index (κ1) is 13.9. The largest absolute Gasteiger partial charge is 0.489 e. The molecule has 0 heterocycles. The van der Waals surface area contributed by atoms with E-state index in [1.807, 2.05) is 54.6 Å². The smallest absolute Gasteiger partial charge is 0.331 e. The zero-order valence-corrected chi connectivity index (χ0v) is 11.2. The van der Waals surface area contributed by atoms with Gasteiger partial charge in [0.05, 0.1) is 0 Å². The maximum absolute atomic E-state index is 10.8. The van der Waals surface area contributed by atoms with Crippen LogP contribution in [0.3, 0.4) is 0 Å². The molecule has 0 spiro atoms. The number of hydrogen-bond acceptors (Lipinski definition) is 2. The van der Waals surface area contributed by atoms with Gasteiger partial charge in [-0.05, 0) is 36.3 Å². The Labute approximate surface area is 118 Å². The number of hydrogen-bond donors (Lipinski definition) is 1. The lowest BCUT2D eigenvalue weighted by atomic mass is 10.1. The predicted octanol–water partition coefficient (Wildman–Crippen LogP) is 3.75. The number of aliphatic carboxylic acids is 1. The highest BCUT2D eigenvalue weighted by molar-refractivity contribution is 5.91. The average Bonchev–Trinajstić information content (AvgIpc) is 2.46. The van der Waals surface area contributed by atoms with Gasteiger partial charge < -0.3 is 9.84 Å². The summed E-state index contributed by atoms with van der Waals surface area (Å²) < 4.78 is 5.70. The third-order valence-corrected chi connectivity index (χ3v) is 2.83. The van der Waals surface area contributed by atoms with Gasteiger partial charge in [0.15, 0.2) is 0 Å². The van der Waals surface area contributed by atoms with Gasteiger partial charge in [-0.1, -0.05) is 42.5 Å². The Kier molecular flexibility index (Phi) is 4.56. The Bertz CT molecular complexity index is 615. The van der Waals surface area contributed by atoms with E-state index in [4.69, 9.17) is 9.84 Å². The summed E-state index contributed by atoms with van der Waals surface area (Å²) in [6.45, 7) is 2.06. The van der Waals surface area contributed by atoms with Crippen LogP contribution in [0.4, 0.5) is 0 Å². The third-order valence-electron chi connectivity index (χ3n) is 2.83. The summed E-state index contributed by atoms with van der Waals surface area (Å²) in [5.41, 5.74) is 2.20. The molecule has 2 aromatic rings. The minimum atomic E-state index is -0.916. The Morgan fingerprint density at radius 2 is 1.90 bits per heavy atom. The minimum absolute atomic E-state index is 0.296. The lowest BCUT2D eigenvalue weighted by Gasteiger charge is -2.07. The molecule has 2 rings (SSSR count). The number of benzene rings is 2. The molecule has 20 heavy (non-hydrogen) atoms.